The maximum absolute atomic E-state index is 13.3. The van der Waals surface area contributed by atoms with E-state index in [1.54, 1.807) is 12.1 Å². The van der Waals surface area contributed by atoms with Crippen molar-refractivity contribution in [2.75, 3.05) is 6.61 Å². The highest BCUT2D eigenvalue weighted by Crippen LogP contribution is 2.14. The average Bonchev–Trinajstić information content (AvgIpc) is 3.08. The minimum atomic E-state index is -0.395. The maximum Gasteiger partial charge on any atom is 0.279 e. The molecule has 0 aliphatic carbocycles. The summed E-state index contributed by atoms with van der Waals surface area (Å²) in [5.41, 5.74) is 4.55. The largest absolute Gasteiger partial charge is 0.477 e. The van der Waals surface area contributed by atoms with Gasteiger partial charge in [0.25, 0.3) is 5.91 Å². The average molecular weight is 577 g/mol. The van der Waals surface area contributed by atoms with Gasteiger partial charge in [0.05, 0.1) is 6.61 Å². The molecule has 5 aromatic rings. The van der Waals surface area contributed by atoms with Crippen molar-refractivity contribution >= 4 is 29.3 Å². The molecule has 0 saturated heterocycles. The Kier molecular flexibility index (Phi) is 10.1. The lowest BCUT2D eigenvalue weighted by atomic mass is 10.1. The van der Waals surface area contributed by atoms with E-state index >= 15 is 0 Å². The summed E-state index contributed by atoms with van der Waals surface area (Å²) in [5.74, 6) is 1.03. The molecule has 216 valence electrons. The van der Waals surface area contributed by atoms with E-state index in [9.17, 15) is 4.79 Å². The SMILES string of the molecule is CCOC(=NC(=NC(=NC(=NC(=O)c1ccc(C)cc1)c1ccccc1)c1ccccc1)c1ccccc1)c1ccccc1. The second kappa shape index (κ2) is 14.9. The molecule has 6 heteroatoms. The summed E-state index contributed by atoms with van der Waals surface area (Å²) >= 11 is 0. The van der Waals surface area contributed by atoms with E-state index in [1.807, 2.05) is 147 Å². The molecule has 5 aromatic carbocycles. The van der Waals surface area contributed by atoms with Gasteiger partial charge in [-0.15, -0.1) is 0 Å². The van der Waals surface area contributed by atoms with Crippen molar-refractivity contribution in [3.63, 3.8) is 0 Å². The molecular weight excluding hydrogens is 544 g/mol. The molecule has 0 N–H and O–H groups in total. The van der Waals surface area contributed by atoms with Gasteiger partial charge in [-0.05, 0) is 38.1 Å². The minimum Gasteiger partial charge on any atom is -0.477 e. The molecule has 0 fully saturated rings. The van der Waals surface area contributed by atoms with Crippen LogP contribution in [-0.4, -0.2) is 35.9 Å². The summed E-state index contributed by atoms with van der Waals surface area (Å²) in [7, 11) is 0. The number of aliphatic imine (C=N–C) groups is 4. The number of nitrogens with zero attached hydrogens (tertiary/aromatic N) is 4. The highest BCUT2D eigenvalue weighted by atomic mass is 16.5. The second-order valence-corrected chi connectivity index (χ2v) is 9.79. The first-order chi connectivity index (χ1) is 21.6. The predicted octanol–water partition coefficient (Wildman–Crippen LogP) is 7.96. The summed E-state index contributed by atoms with van der Waals surface area (Å²) in [6, 6.07) is 45.7. The van der Waals surface area contributed by atoms with E-state index in [1.165, 1.54) is 0 Å². The third kappa shape index (κ3) is 7.95. The van der Waals surface area contributed by atoms with Gasteiger partial charge >= 0.3 is 0 Å². The van der Waals surface area contributed by atoms with Gasteiger partial charge in [-0.3, -0.25) is 4.79 Å². The van der Waals surface area contributed by atoms with Gasteiger partial charge in [0.15, 0.2) is 17.5 Å². The van der Waals surface area contributed by atoms with Crippen LogP contribution in [0, 0.1) is 6.92 Å². The van der Waals surface area contributed by atoms with E-state index in [4.69, 9.17) is 19.7 Å². The van der Waals surface area contributed by atoms with Gasteiger partial charge in [-0.2, -0.15) is 9.98 Å². The molecule has 0 bridgehead atoms. The third-order valence-electron chi connectivity index (χ3n) is 6.53. The lowest BCUT2D eigenvalue weighted by Gasteiger charge is -2.11. The monoisotopic (exact) mass is 576 g/mol. The zero-order valence-electron chi connectivity index (χ0n) is 24.7. The molecule has 5 rings (SSSR count). The Morgan fingerprint density at radius 2 is 0.864 bits per heavy atom. The van der Waals surface area contributed by atoms with Gasteiger partial charge in [-0.25, -0.2) is 9.98 Å². The number of hydrogen-bond acceptors (Lipinski definition) is 2. The third-order valence-corrected chi connectivity index (χ3v) is 6.53. The van der Waals surface area contributed by atoms with Gasteiger partial charge in [0, 0.05) is 27.8 Å². The molecule has 0 aromatic heterocycles. The van der Waals surface area contributed by atoms with Crippen LogP contribution in [0.5, 0.6) is 0 Å². The van der Waals surface area contributed by atoms with E-state index in [0.717, 1.165) is 22.3 Å². The van der Waals surface area contributed by atoms with Crippen LogP contribution in [0.1, 0.15) is 45.1 Å². The van der Waals surface area contributed by atoms with Gasteiger partial charge in [0.2, 0.25) is 5.90 Å². The molecule has 0 spiro atoms. The van der Waals surface area contributed by atoms with Crippen LogP contribution in [-0.2, 0) is 4.74 Å². The maximum atomic E-state index is 13.3. The zero-order chi connectivity index (χ0) is 30.6. The van der Waals surface area contributed by atoms with E-state index < -0.39 is 5.91 Å². The fourth-order valence-electron chi connectivity index (χ4n) is 4.28. The number of ether oxygens (including phenoxy) is 1. The molecule has 44 heavy (non-hydrogen) atoms. The lowest BCUT2D eigenvalue weighted by molar-refractivity contribution is 0.100. The zero-order valence-corrected chi connectivity index (χ0v) is 24.7. The van der Waals surface area contributed by atoms with Gasteiger partial charge in [-0.1, -0.05) is 127 Å². The van der Waals surface area contributed by atoms with Crippen LogP contribution >= 0.6 is 0 Å². The van der Waals surface area contributed by atoms with Crippen molar-refractivity contribution < 1.29 is 9.53 Å². The Labute approximate surface area is 257 Å². The molecule has 0 aliphatic heterocycles. The Morgan fingerprint density at radius 3 is 1.30 bits per heavy atom. The van der Waals surface area contributed by atoms with Crippen LogP contribution in [0.4, 0.5) is 0 Å². The predicted molar refractivity (Wildman–Crippen MR) is 179 cm³/mol. The number of rotatable bonds is 6. The van der Waals surface area contributed by atoms with Crippen molar-refractivity contribution in [2.45, 2.75) is 13.8 Å². The molecular formula is C38H32N4O2. The van der Waals surface area contributed by atoms with Crippen LogP contribution in [0.15, 0.2) is 166 Å². The molecule has 0 atom stereocenters. The highest BCUT2D eigenvalue weighted by Gasteiger charge is 2.14. The first-order valence-corrected chi connectivity index (χ1v) is 14.4. The molecule has 0 aliphatic rings. The molecule has 6 nitrogen and oxygen atoms in total. The number of hydrogen-bond donors (Lipinski definition) is 0. The minimum absolute atomic E-state index is 0.239. The molecule has 0 saturated carbocycles. The lowest BCUT2D eigenvalue weighted by Crippen LogP contribution is -2.14. The number of carbonyl (C=O) groups excluding carboxylic acids is 1. The molecule has 0 unspecified atom stereocenters. The topological polar surface area (TPSA) is 75.7 Å². The smallest absolute Gasteiger partial charge is 0.279 e. The Morgan fingerprint density at radius 1 is 0.477 bits per heavy atom. The first kappa shape index (κ1) is 29.7. The van der Waals surface area contributed by atoms with Crippen LogP contribution in [0.25, 0.3) is 0 Å². The highest BCUT2D eigenvalue weighted by molar-refractivity contribution is 6.20. The van der Waals surface area contributed by atoms with Gasteiger partial charge < -0.3 is 4.74 Å². The number of amidine groups is 3. The van der Waals surface area contributed by atoms with E-state index in [0.29, 0.717) is 35.3 Å². The molecule has 1 amide bonds. The summed E-state index contributed by atoms with van der Waals surface area (Å²) in [6.07, 6.45) is 0. The second-order valence-electron chi connectivity index (χ2n) is 9.79. The Hall–Kier alpha value is -5.75. The van der Waals surface area contributed by atoms with Gasteiger partial charge in [0.1, 0.15) is 0 Å². The summed E-state index contributed by atoms with van der Waals surface area (Å²) in [4.78, 5) is 32.7. The van der Waals surface area contributed by atoms with Crippen molar-refractivity contribution in [3.05, 3.63) is 179 Å². The normalized spacial score (nSPS) is 12.6. The number of carbonyl (C=O) groups is 1. The standard InChI is InChI=1S/C38H32N4O2/c1-3-44-38(33-22-14-7-15-23-33)42-36(31-20-12-6-13-21-31)40-34(29-16-8-4-9-17-29)39-35(30-18-10-5-11-19-30)41-37(43)32-26-24-28(2)25-27-32/h4-27H,3H2,1-2H3. The summed E-state index contributed by atoms with van der Waals surface area (Å²) in [5, 5.41) is 0. The quantitative estimate of drug-likeness (QED) is 0.152. The summed E-state index contributed by atoms with van der Waals surface area (Å²) < 4.78 is 5.99. The Bertz CT molecular complexity index is 1800. The summed E-state index contributed by atoms with van der Waals surface area (Å²) in [6.45, 7) is 4.33. The number of amides is 1. The Balaban J connectivity index is 1.72. The van der Waals surface area contributed by atoms with Crippen molar-refractivity contribution in [1.29, 1.82) is 0 Å². The van der Waals surface area contributed by atoms with Crippen molar-refractivity contribution in [2.24, 2.45) is 20.0 Å². The first-order valence-electron chi connectivity index (χ1n) is 14.4. The number of aryl methyl sites for hydroxylation is 1. The van der Waals surface area contributed by atoms with Crippen LogP contribution in [0.3, 0.4) is 0 Å². The van der Waals surface area contributed by atoms with Crippen molar-refractivity contribution in [3.8, 4) is 0 Å². The van der Waals surface area contributed by atoms with Crippen molar-refractivity contribution in [1.82, 2.24) is 0 Å². The fraction of sp³-hybridized carbons (Fsp3) is 0.0789. The van der Waals surface area contributed by atoms with Crippen LogP contribution < -0.4 is 0 Å². The van der Waals surface area contributed by atoms with Crippen LogP contribution in [0.2, 0.25) is 0 Å². The fourth-order valence-corrected chi connectivity index (χ4v) is 4.28. The molecule has 0 heterocycles. The number of benzene rings is 5. The van der Waals surface area contributed by atoms with E-state index in [2.05, 4.69) is 4.99 Å². The van der Waals surface area contributed by atoms with E-state index in [-0.39, 0.29) is 5.84 Å². The molecule has 0 radical (unpaired) electrons.